The summed E-state index contributed by atoms with van der Waals surface area (Å²) in [5, 5.41) is 13.2. The van der Waals surface area contributed by atoms with Crippen LogP contribution in [-0.2, 0) is 17.6 Å². The quantitative estimate of drug-likeness (QED) is 0.430. The van der Waals surface area contributed by atoms with Gasteiger partial charge in [0.1, 0.15) is 10.8 Å². The molecule has 0 atom stereocenters. The van der Waals surface area contributed by atoms with Gasteiger partial charge >= 0.3 is 0 Å². The monoisotopic (exact) mass is 438 g/mol. The summed E-state index contributed by atoms with van der Waals surface area (Å²) < 4.78 is 2.07. The number of carbonyl (C=O) groups is 2. The average Bonchev–Trinajstić information content (AvgIpc) is 3.17. The first-order valence-electron chi connectivity index (χ1n) is 10.2. The third-order valence-corrected chi connectivity index (χ3v) is 7.61. The molecule has 1 fully saturated rings. The summed E-state index contributed by atoms with van der Waals surface area (Å²) in [5.41, 5.74) is 2.85. The van der Waals surface area contributed by atoms with Crippen molar-refractivity contribution >= 4 is 39.8 Å². The molecule has 0 radical (unpaired) electrons. The van der Waals surface area contributed by atoms with E-state index in [9.17, 15) is 9.59 Å². The molecule has 1 amide bonds. The molecule has 0 spiro atoms. The molecule has 6 nitrogen and oxygen atoms in total. The van der Waals surface area contributed by atoms with Gasteiger partial charge in [-0.05, 0) is 56.7 Å². The Morgan fingerprint density at radius 1 is 1.20 bits per heavy atom. The van der Waals surface area contributed by atoms with Crippen LogP contribution in [0, 0.1) is 0 Å². The Hall–Kier alpha value is -2.45. The molecule has 3 aromatic rings. The summed E-state index contributed by atoms with van der Waals surface area (Å²) in [7, 11) is 0. The van der Waals surface area contributed by atoms with E-state index in [0.29, 0.717) is 16.5 Å². The van der Waals surface area contributed by atoms with Crippen molar-refractivity contribution in [2.75, 3.05) is 11.1 Å². The first kappa shape index (κ1) is 19.5. The minimum atomic E-state index is -0.127. The predicted octanol–water partition coefficient (Wildman–Crippen LogP) is 4.63. The summed E-state index contributed by atoms with van der Waals surface area (Å²) >= 11 is 2.93. The number of aryl methyl sites for hydroxylation is 1. The number of aromatic nitrogens is 3. The van der Waals surface area contributed by atoms with Gasteiger partial charge in [0.2, 0.25) is 5.91 Å². The predicted molar refractivity (Wildman–Crippen MR) is 119 cm³/mol. The van der Waals surface area contributed by atoms with Crippen LogP contribution >= 0.6 is 23.1 Å². The van der Waals surface area contributed by atoms with Crippen LogP contribution in [0.15, 0.2) is 35.5 Å². The Labute approximate surface area is 183 Å². The van der Waals surface area contributed by atoms with Gasteiger partial charge in [-0.25, -0.2) is 0 Å². The van der Waals surface area contributed by atoms with Gasteiger partial charge in [0, 0.05) is 16.5 Å². The second-order valence-corrected chi connectivity index (χ2v) is 9.79. The van der Waals surface area contributed by atoms with E-state index < -0.39 is 0 Å². The molecular formula is C22H22N4O2S2. The van der Waals surface area contributed by atoms with E-state index in [1.807, 2.05) is 30.3 Å². The van der Waals surface area contributed by atoms with Crippen molar-refractivity contribution in [3.63, 3.8) is 0 Å². The van der Waals surface area contributed by atoms with Crippen molar-refractivity contribution in [2.45, 2.75) is 50.1 Å². The summed E-state index contributed by atoms with van der Waals surface area (Å²) in [4.78, 5) is 26.1. The molecule has 2 aliphatic rings. The van der Waals surface area contributed by atoms with Gasteiger partial charge in [-0.15, -0.1) is 21.5 Å². The van der Waals surface area contributed by atoms with Gasteiger partial charge in [0.05, 0.1) is 11.3 Å². The number of rotatable bonds is 7. The number of amides is 1. The second-order valence-electron chi connectivity index (χ2n) is 7.74. The number of hydrogen-bond acceptors (Lipinski definition) is 6. The molecular weight excluding hydrogens is 416 g/mol. The lowest BCUT2D eigenvalue weighted by molar-refractivity contribution is -0.113. The fraction of sp³-hybridized carbons (Fsp3) is 0.364. The normalized spacial score (nSPS) is 15.2. The minimum absolute atomic E-state index is 0.0234. The minimum Gasteiger partial charge on any atom is -0.316 e. The van der Waals surface area contributed by atoms with E-state index in [2.05, 4.69) is 20.1 Å². The highest BCUT2D eigenvalue weighted by Gasteiger charge is 2.31. The first-order chi connectivity index (χ1) is 14.6. The Morgan fingerprint density at radius 2 is 2.00 bits per heavy atom. The lowest BCUT2D eigenvalue weighted by atomic mass is 10.1. The SMILES string of the molecule is CC(=O)c1c(NC(=O)CSc2nnc(C3CC3)n2-c2ccccc2)sc2c1CCC2. The van der Waals surface area contributed by atoms with E-state index >= 15 is 0 Å². The van der Waals surface area contributed by atoms with Crippen LogP contribution in [0.3, 0.4) is 0 Å². The van der Waals surface area contributed by atoms with E-state index in [1.165, 1.54) is 16.6 Å². The number of carbonyl (C=O) groups excluding carboxylic acids is 2. The number of para-hydroxylation sites is 1. The number of anilines is 1. The highest BCUT2D eigenvalue weighted by atomic mass is 32.2. The van der Waals surface area contributed by atoms with Gasteiger partial charge in [-0.3, -0.25) is 14.2 Å². The summed E-state index contributed by atoms with van der Waals surface area (Å²) in [6.45, 7) is 1.58. The van der Waals surface area contributed by atoms with Crippen LogP contribution in [0.1, 0.15) is 58.7 Å². The van der Waals surface area contributed by atoms with Crippen LogP contribution in [0.5, 0.6) is 0 Å². The maximum Gasteiger partial charge on any atom is 0.235 e. The number of ketones is 1. The number of nitrogens with one attached hydrogen (secondary N) is 1. The maximum absolute atomic E-state index is 12.7. The van der Waals surface area contributed by atoms with Crippen LogP contribution in [-0.4, -0.2) is 32.2 Å². The maximum atomic E-state index is 12.7. The highest BCUT2D eigenvalue weighted by Crippen LogP contribution is 2.41. The van der Waals surface area contributed by atoms with Gasteiger partial charge in [-0.2, -0.15) is 0 Å². The molecule has 1 saturated carbocycles. The molecule has 2 aromatic heterocycles. The molecule has 0 aliphatic heterocycles. The second kappa shape index (κ2) is 8.00. The van der Waals surface area contributed by atoms with Crippen LogP contribution in [0.2, 0.25) is 0 Å². The summed E-state index contributed by atoms with van der Waals surface area (Å²) in [5.74, 6) is 1.54. The zero-order valence-electron chi connectivity index (χ0n) is 16.7. The smallest absolute Gasteiger partial charge is 0.235 e. The number of Topliss-reactive ketones (excluding diaryl/α,β-unsaturated/α-hetero) is 1. The van der Waals surface area contributed by atoms with Crippen LogP contribution in [0.25, 0.3) is 5.69 Å². The average molecular weight is 439 g/mol. The largest absolute Gasteiger partial charge is 0.316 e. The standard InChI is InChI=1S/C22H22N4O2S2/c1-13(27)19-16-8-5-9-17(16)30-21(19)23-18(28)12-29-22-25-24-20(14-10-11-14)26(22)15-6-3-2-4-7-15/h2-4,6-7,14H,5,8-12H2,1H3,(H,23,28). The Balaban J connectivity index is 1.33. The molecule has 0 unspecified atom stereocenters. The molecule has 1 aromatic carbocycles. The van der Waals surface area contributed by atoms with Gasteiger partial charge < -0.3 is 5.32 Å². The van der Waals surface area contributed by atoms with Crippen molar-refractivity contribution in [2.24, 2.45) is 0 Å². The molecule has 5 rings (SSSR count). The van der Waals surface area contributed by atoms with E-state index in [4.69, 9.17) is 0 Å². The number of hydrogen-bond donors (Lipinski definition) is 1. The van der Waals surface area contributed by atoms with E-state index in [0.717, 1.165) is 54.3 Å². The Kier molecular flexibility index (Phi) is 5.20. The molecule has 8 heteroatoms. The lowest BCUT2D eigenvalue weighted by Gasteiger charge is -2.10. The Morgan fingerprint density at radius 3 is 2.73 bits per heavy atom. The van der Waals surface area contributed by atoms with Crippen molar-refractivity contribution in [1.29, 1.82) is 0 Å². The zero-order chi connectivity index (χ0) is 20.7. The van der Waals surface area contributed by atoms with Gasteiger partial charge in [0.15, 0.2) is 10.9 Å². The molecule has 2 heterocycles. The van der Waals surface area contributed by atoms with E-state index in [-0.39, 0.29) is 17.4 Å². The van der Waals surface area contributed by atoms with Crippen molar-refractivity contribution in [3.8, 4) is 5.69 Å². The van der Waals surface area contributed by atoms with Crippen molar-refractivity contribution in [1.82, 2.24) is 14.8 Å². The lowest BCUT2D eigenvalue weighted by Crippen LogP contribution is -2.15. The number of thioether (sulfide) groups is 1. The molecule has 154 valence electrons. The molecule has 2 aliphatic carbocycles. The van der Waals surface area contributed by atoms with Crippen LogP contribution < -0.4 is 5.32 Å². The molecule has 30 heavy (non-hydrogen) atoms. The van der Waals surface area contributed by atoms with E-state index in [1.54, 1.807) is 18.3 Å². The number of nitrogens with zero attached hydrogens (tertiary/aromatic N) is 3. The van der Waals surface area contributed by atoms with Crippen LogP contribution in [0.4, 0.5) is 5.00 Å². The fourth-order valence-corrected chi connectivity index (χ4v) is 6.07. The Bertz CT molecular complexity index is 1120. The number of benzene rings is 1. The third kappa shape index (κ3) is 3.70. The number of fused-ring (bicyclic) bond motifs is 1. The summed E-state index contributed by atoms with van der Waals surface area (Å²) in [6.07, 6.45) is 5.27. The van der Waals surface area contributed by atoms with Gasteiger partial charge in [-0.1, -0.05) is 30.0 Å². The molecule has 0 bridgehead atoms. The first-order valence-corrected chi connectivity index (χ1v) is 12.0. The number of thiophene rings is 1. The van der Waals surface area contributed by atoms with Crippen molar-refractivity contribution in [3.05, 3.63) is 52.2 Å². The fourth-order valence-electron chi connectivity index (χ4n) is 3.96. The third-order valence-electron chi connectivity index (χ3n) is 5.47. The molecule has 1 N–H and O–H groups in total. The highest BCUT2D eigenvalue weighted by molar-refractivity contribution is 7.99. The zero-order valence-corrected chi connectivity index (χ0v) is 18.3. The van der Waals surface area contributed by atoms with Gasteiger partial charge in [0.25, 0.3) is 0 Å². The topological polar surface area (TPSA) is 76.9 Å². The summed E-state index contributed by atoms with van der Waals surface area (Å²) in [6, 6.07) is 10.0. The molecule has 0 saturated heterocycles. The van der Waals surface area contributed by atoms with Crippen molar-refractivity contribution < 1.29 is 9.59 Å².